The number of allylic oxidation sites excluding steroid dienone is 1. The van der Waals surface area contributed by atoms with Crippen molar-refractivity contribution < 1.29 is 9.53 Å². The molecule has 0 spiro atoms. The Kier molecular flexibility index (Phi) is 5.11. The third-order valence-electron chi connectivity index (χ3n) is 3.40. The number of rotatable bonds is 5. The molecule has 0 bridgehead atoms. The summed E-state index contributed by atoms with van der Waals surface area (Å²) in [6.45, 7) is 2.08. The fourth-order valence-electron chi connectivity index (χ4n) is 2.08. The molecule has 0 N–H and O–H groups in total. The third kappa shape index (κ3) is 3.62. The number of aryl methyl sites for hydroxylation is 1. The number of hydrogen-bond acceptors (Lipinski definition) is 3. The largest absolute Gasteiger partial charge is 0.497 e. The summed E-state index contributed by atoms with van der Waals surface area (Å²) in [5, 5.41) is 9.28. The first-order valence-corrected chi connectivity index (χ1v) is 7.07. The zero-order valence-electron chi connectivity index (χ0n) is 12.7. The maximum absolute atomic E-state index is 12.4. The van der Waals surface area contributed by atoms with Gasteiger partial charge in [0, 0.05) is 5.56 Å². The number of nitriles is 1. The zero-order valence-corrected chi connectivity index (χ0v) is 12.7. The highest BCUT2D eigenvalue weighted by Crippen LogP contribution is 2.17. The van der Waals surface area contributed by atoms with E-state index in [2.05, 4.69) is 6.92 Å². The summed E-state index contributed by atoms with van der Waals surface area (Å²) in [6.07, 6.45) is 2.57. The van der Waals surface area contributed by atoms with Crippen LogP contribution in [0.3, 0.4) is 0 Å². The molecule has 0 aromatic heterocycles. The van der Waals surface area contributed by atoms with E-state index in [1.807, 2.05) is 30.3 Å². The van der Waals surface area contributed by atoms with Gasteiger partial charge in [-0.25, -0.2) is 0 Å². The molecule has 0 fully saturated rings. The van der Waals surface area contributed by atoms with Gasteiger partial charge in [0.25, 0.3) is 0 Å². The standard InChI is InChI=1S/C19H17NO2/c1-3-14-7-9-15(10-8-14)11-17(13-20)19(21)16-5-4-6-18(12-16)22-2/h4-12H,3H2,1-2H3/b17-11+. The van der Waals surface area contributed by atoms with E-state index in [4.69, 9.17) is 4.74 Å². The summed E-state index contributed by atoms with van der Waals surface area (Å²) < 4.78 is 5.11. The van der Waals surface area contributed by atoms with Crippen LogP contribution < -0.4 is 4.74 Å². The molecule has 2 rings (SSSR count). The highest BCUT2D eigenvalue weighted by Gasteiger charge is 2.12. The van der Waals surface area contributed by atoms with Gasteiger partial charge in [-0.15, -0.1) is 0 Å². The van der Waals surface area contributed by atoms with Crippen LogP contribution in [0.5, 0.6) is 5.75 Å². The van der Waals surface area contributed by atoms with Crippen molar-refractivity contribution in [1.82, 2.24) is 0 Å². The van der Waals surface area contributed by atoms with E-state index in [9.17, 15) is 10.1 Å². The summed E-state index contributed by atoms with van der Waals surface area (Å²) in [5.41, 5.74) is 2.61. The third-order valence-corrected chi connectivity index (χ3v) is 3.40. The minimum Gasteiger partial charge on any atom is -0.497 e. The minimum atomic E-state index is -0.305. The number of ketones is 1. The van der Waals surface area contributed by atoms with Crippen LogP contribution in [0.4, 0.5) is 0 Å². The Bertz CT molecular complexity index is 737. The minimum absolute atomic E-state index is 0.109. The smallest absolute Gasteiger partial charge is 0.203 e. The average Bonchev–Trinajstić information content (AvgIpc) is 2.59. The van der Waals surface area contributed by atoms with Gasteiger partial charge in [0.15, 0.2) is 0 Å². The Balaban J connectivity index is 2.31. The predicted octanol–water partition coefficient (Wildman–Crippen LogP) is 4.05. The lowest BCUT2D eigenvalue weighted by molar-refractivity contribution is 0.103. The molecule has 0 saturated heterocycles. The molecule has 0 heterocycles. The fourth-order valence-corrected chi connectivity index (χ4v) is 2.08. The molecule has 0 atom stereocenters. The first kappa shape index (κ1) is 15.5. The molecule has 0 aliphatic heterocycles. The van der Waals surface area contributed by atoms with Crippen molar-refractivity contribution >= 4 is 11.9 Å². The lowest BCUT2D eigenvalue weighted by Gasteiger charge is -2.03. The van der Waals surface area contributed by atoms with Crippen molar-refractivity contribution in [2.45, 2.75) is 13.3 Å². The van der Waals surface area contributed by atoms with Crippen LogP contribution in [0.2, 0.25) is 0 Å². The van der Waals surface area contributed by atoms with Crippen molar-refractivity contribution in [2.75, 3.05) is 7.11 Å². The Morgan fingerprint density at radius 2 is 1.95 bits per heavy atom. The molecule has 2 aromatic rings. The monoisotopic (exact) mass is 291 g/mol. The van der Waals surface area contributed by atoms with E-state index in [1.54, 1.807) is 37.5 Å². The predicted molar refractivity (Wildman–Crippen MR) is 86.7 cm³/mol. The van der Waals surface area contributed by atoms with E-state index in [-0.39, 0.29) is 11.4 Å². The van der Waals surface area contributed by atoms with Gasteiger partial charge in [-0.2, -0.15) is 5.26 Å². The lowest BCUT2D eigenvalue weighted by atomic mass is 10.0. The molecule has 22 heavy (non-hydrogen) atoms. The molecule has 3 nitrogen and oxygen atoms in total. The summed E-state index contributed by atoms with van der Waals surface area (Å²) in [7, 11) is 1.54. The summed E-state index contributed by atoms with van der Waals surface area (Å²) in [5.74, 6) is 0.288. The van der Waals surface area contributed by atoms with Gasteiger partial charge >= 0.3 is 0 Å². The molecule has 0 saturated carbocycles. The van der Waals surface area contributed by atoms with Crippen LogP contribution in [0, 0.1) is 11.3 Å². The molecular weight excluding hydrogens is 274 g/mol. The Morgan fingerprint density at radius 1 is 1.23 bits per heavy atom. The van der Waals surface area contributed by atoms with Gasteiger partial charge in [-0.05, 0) is 35.8 Å². The van der Waals surface area contributed by atoms with Gasteiger partial charge in [-0.3, -0.25) is 4.79 Å². The normalized spacial score (nSPS) is 10.9. The van der Waals surface area contributed by atoms with E-state index in [0.29, 0.717) is 11.3 Å². The fraction of sp³-hybridized carbons (Fsp3) is 0.158. The van der Waals surface area contributed by atoms with Crippen LogP contribution in [-0.4, -0.2) is 12.9 Å². The van der Waals surface area contributed by atoms with E-state index >= 15 is 0 Å². The van der Waals surface area contributed by atoms with Crippen LogP contribution in [0.1, 0.15) is 28.4 Å². The van der Waals surface area contributed by atoms with Crippen molar-refractivity contribution in [2.24, 2.45) is 0 Å². The topological polar surface area (TPSA) is 50.1 Å². The Labute approximate surface area is 130 Å². The molecule has 0 radical (unpaired) electrons. The van der Waals surface area contributed by atoms with Gasteiger partial charge in [0.2, 0.25) is 5.78 Å². The first-order valence-electron chi connectivity index (χ1n) is 7.07. The Hall–Kier alpha value is -2.86. The first-order chi connectivity index (χ1) is 10.7. The number of carbonyl (C=O) groups is 1. The number of benzene rings is 2. The van der Waals surface area contributed by atoms with Gasteiger partial charge in [-0.1, -0.05) is 43.3 Å². The molecular formula is C19H17NO2. The van der Waals surface area contributed by atoms with E-state index in [1.165, 1.54) is 5.56 Å². The van der Waals surface area contributed by atoms with Crippen LogP contribution >= 0.6 is 0 Å². The molecule has 0 aliphatic carbocycles. The second-order valence-corrected chi connectivity index (χ2v) is 4.83. The van der Waals surface area contributed by atoms with Crippen molar-refractivity contribution in [3.63, 3.8) is 0 Å². The molecule has 110 valence electrons. The van der Waals surface area contributed by atoms with Crippen LogP contribution in [0.25, 0.3) is 6.08 Å². The van der Waals surface area contributed by atoms with Crippen LogP contribution in [0.15, 0.2) is 54.1 Å². The summed E-state index contributed by atoms with van der Waals surface area (Å²) in [6, 6.07) is 16.6. The van der Waals surface area contributed by atoms with E-state index < -0.39 is 0 Å². The zero-order chi connectivity index (χ0) is 15.9. The van der Waals surface area contributed by atoms with Crippen molar-refractivity contribution in [3.05, 3.63) is 70.8 Å². The average molecular weight is 291 g/mol. The van der Waals surface area contributed by atoms with Crippen LogP contribution in [-0.2, 0) is 6.42 Å². The maximum atomic E-state index is 12.4. The number of hydrogen-bond donors (Lipinski definition) is 0. The van der Waals surface area contributed by atoms with Gasteiger partial charge in [0.05, 0.1) is 7.11 Å². The summed E-state index contributed by atoms with van der Waals surface area (Å²) >= 11 is 0. The number of methoxy groups -OCH3 is 1. The molecule has 2 aromatic carbocycles. The maximum Gasteiger partial charge on any atom is 0.203 e. The second-order valence-electron chi connectivity index (χ2n) is 4.83. The molecule has 0 amide bonds. The van der Waals surface area contributed by atoms with Gasteiger partial charge < -0.3 is 4.74 Å². The lowest BCUT2D eigenvalue weighted by Crippen LogP contribution is -2.02. The summed E-state index contributed by atoms with van der Waals surface area (Å²) in [4.78, 5) is 12.4. The number of Topliss-reactive ketones (excluding diaryl/α,β-unsaturated/α-hetero) is 1. The quantitative estimate of drug-likeness (QED) is 0.474. The Morgan fingerprint density at radius 3 is 2.55 bits per heavy atom. The number of carbonyl (C=O) groups excluding carboxylic acids is 1. The molecule has 0 aliphatic rings. The SMILES string of the molecule is CCc1ccc(/C=C(\C#N)C(=O)c2cccc(OC)c2)cc1. The van der Waals surface area contributed by atoms with E-state index in [0.717, 1.165) is 12.0 Å². The van der Waals surface area contributed by atoms with Gasteiger partial charge in [0.1, 0.15) is 17.4 Å². The number of ether oxygens (including phenoxy) is 1. The molecule has 3 heteroatoms. The second kappa shape index (κ2) is 7.24. The number of nitrogens with zero attached hydrogens (tertiary/aromatic N) is 1. The molecule has 0 unspecified atom stereocenters. The highest BCUT2D eigenvalue weighted by atomic mass is 16.5. The van der Waals surface area contributed by atoms with Crippen molar-refractivity contribution in [3.8, 4) is 11.8 Å². The highest BCUT2D eigenvalue weighted by molar-refractivity contribution is 6.14. The van der Waals surface area contributed by atoms with Crippen molar-refractivity contribution in [1.29, 1.82) is 5.26 Å².